The van der Waals surface area contributed by atoms with E-state index in [1.807, 2.05) is 0 Å². The summed E-state index contributed by atoms with van der Waals surface area (Å²) in [6.45, 7) is 0. The molecule has 27 heavy (non-hydrogen) atoms. The van der Waals surface area contributed by atoms with Crippen LogP contribution in [0.2, 0.25) is 0 Å². The van der Waals surface area contributed by atoms with Gasteiger partial charge in [0.1, 0.15) is 24.2 Å². The number of carboxylic acid groups (broad SMARTS) is 1. The lowest BCUT2D eigenvalue weighted by atomic mass is 10.0. The van der Waals surface area contributed by atoms with Crippen molar-refractivity contribution in [1.29, 1.82) is 0 Å². The van der Waals surface area contributed by atoms with Crippen LogP contribution >= 0.6 is 34.9 Å². The second-order valence-electron chi connectivity index (χ2n) is 5.33. The summed E-state index contributed by atoms with van der Waals surface area (Å²) in [6, 6.07) is -0.924. The van der Waals surface area contributed by atoms with E-state index in [0.717, 1.165) is 16.4 Å². The first-order chi connectivity index (χ1) is 12.9. The summed E-state index contributed by atoms with van der Waals surface area (Å²) in [4.78, 5) is 46.1. The highest BCUT2D eigenvalue weighted by Crippen LogP contribution is 2.40. The predicted molar refractivity (Wildman–Crippen MR) is 98.3 cm³/mol. The van der Waals surface area contributed by atoms with Gasteiger partial charge in [-0.1, -0.05) is 5.16 Å². The van der Waals surface area contributed by atoms with Crippen LogP contribution < -0.4 is 11.1 Å². The minimum Gasteiger partial charge on any atom is -0.477 e. The number of rotatable bonds is 6. The van der Waals surface area contributed by atoms with Gasteiger partial charge in [-0.3, -0.25) is 14.5 Å². The molecule has 2 aliphatic heterocycles. The molecule has 0 unspecified atom stereocenters. The molecule has 0 radical (unpaired) electrons. The van der Waals surface area contributed by atoms with E-state index in [-0.39, 0.29) is 28.2 Å². The van der Waals surface area contributed by atoms with E-state index in [1.165, 1.54) is 18.9 Å². The molecule has 2 atom stereocenters. The maximum Gasteiger partial charge on any atom is 0.352 e. The standard InChI is InChI=1S/C13H13ClN6O5S2/c1-25-18-5(8-17-13(15)27-19-8)9(21)16-6-10(22)20-7(12(23)24)4(2-14)3-26-11(6)20/h6,11H,2-3H2,1H3,(H,16,21)(H,23,24)(H2,15,17,19)/t6-,11+/m1/s1. The first kappa shape index (κ1) is 19.4. The van der Waals surface area contributed by atoms with Gasteiger partial charge < -0.3 is 21.0 Å². The van der Waals surface area contributed by atoms with E-state index in [9.17, 15) is 19.5 Å². The van der Waals surface area contributed by atoms with Gasteiger partial charge in [0, 0.05) is 23.2 Å². The molecule has 144 valence electrons. The molecule has 2 amide bonds. The van der Waals surface area contributed by atoms with Crippen LogP contribution in [0, 0.1) is 0 Å². The highest BCUT2D eigenvalue weighted by molar-refractivity contribution is 8.00. The van der Waals surface area contributed by atoms with E-state index < -0.39 is 29.2 Å². The van der Waals surface area contributed by atoms with Gasteiger partial charge in [0.25, 0.3) is 11.8 Å². The van der Waals surface area contributed by atoms with Crippen molar-refractivity contribution in [2.45, 2.75) is 11.4 Å². The van der Waals surface area contributed by atoms with Crippen molar-refractivity contribution in [2.75, 3.05) is 24.5 Å². The topological polar surface area (TPSA) is 160 Å². The number of oxime groups is 1. The number of thioether (sulfide) groups is 1. The van der Waals surface area contributed by atoms with Gasteiger partial charge in [-0.05, 0) is 5.57 Å². The minimum atomic E-state index is -1.24. The van der Waals surface area contributed by atoms with Crippen molar-refractivity contribution in [2.24, 2.45) is 5.16 Å². The number of hydrogen-bond acceptors (Lipinski definition) is 10. The minimum absolute atomic E-state index is 0.00369. The van der Waals surface area contributed by atoms with E-state index in [2.05, 4.69) is 24.7 Å². The second kappa shape index (κ2) is 7.70. The monoisotopic (exact) mass is 432 g/mol. The molecule has 1 aromatic rings. The third kappa shape index (κ3) is 3.44. The van der Waals surface area contributed by atoms with Crippen LogP contribution in [0.3, 0.4) is 0 Å². The van der Waals surface area contributed by atoms with Gasteiger partial charge in [0.15, 0.2) is 5.13 Å². The molecule has 3 rings (SSSR count). The van der Waals surface area contributed by atoms with Crippen LogP contribution in [0.4, 0.5) is 5.13 Å². The number of aliphatic carboxylic acids is 1. The molecule has 0 aliphatic carbocycles. The quantitative estimate of drug-likeness (QED) is 0.232. The summed E-state index contributed by atoms with van der Waals surface area (Å²) in [5.74, 6) is -2.22. The highest BCUT2D eigenvalue weighted by Gasteiger charge is 2.54. The second-order valence-corrected chi connectivity index (χ2v) is 7.49. The Morgan fingerprint density at radius 1 is 1.56 bits per heavy atom. The number of fused-ring (bicyclic) bond motifs is 1. The number of nitrogens with one attached hydrogen (secondary N) is 1. The van der Waals surface area contributed by atoms with E-state index in [4.69, 9.17) is 17.3 Å². The zero-order chi connectivity index (χ0) is 19.7. The first-order valence-electron chi connectivity index (χ1n) is 7.36. The largest absolute Gasteiger partial charge is 0.477 e. The molecular weight excluding hydrogens is 420 g/mol. The third-order valence-electron chi connectivity index (χ3n) is 3.75. The zero-order valence-corrected chi connectivity index (χ0v) is 16.1. The fraction of sp³-hybridized carbons (Fsp3) is 0.385. The first-order valence-corrected chi connectivity index (χ1v) is 9.72. The van der Waals surface area contributed by atoms with Crippen molar-refractivity contribution >= 4 is 63.5 Å². The molecule has 0 aromatic carbocycles. The summed E-state index contributed by atoms with van der Waals surface area (Å²) in [7, 11) is 1.24. The Labute approximate surface area is 165 Å². The van der Waals surface area contributed by atoms with Gasteiger partial charge in [-0.2, -0.15) is 9.36 Å². The van der Waals surface area contributed by atoms with Gasteiger partial charge >= 0.3 is 5.97 Å². The molecule has 1 fully saturated rings. The number of nitrogen functional groups attached to an aromatic ring is 1. The number of hydrogen-bond donors (Lipinski definition) is 3. The Morgan fingerprint density at radius 3 is 2.85 bits per heavy atom. The molecule has 1 saturated heterocycles. The SMILES string of the molecule is CON=C(C(=O)N[C@@H]1C(=O)N2C(C(=O)O)=C(CCl)CS[C@@H]12)c1nsc(N)n1. The molecule has 0 spiro atoms. The summed E-state index contributed by atoms with van der Waals surface area (Å²) < 4.78 is 3.90. The predicted octanol–water partition coefficient (Wildman–Crippen LogP) is -0.552. The summed E-state index contributed by atoms with van der Waals surface area (Å²) in [5, 5.41) is 15.1. The molecule has 4 N–H and O–H groups in total. The van der Waals surface area contributed by atoms with E-state index in [0.29, 0.717) is 11.3 Å². The fourth-order valence-electron chi connectivity index (χ4n) is 2.60. The molecule has 11 nitrogen and oxygen atoms in total. The van der Waals surface area contributed by atoms with Gasteiger partial charge in [-0.15, -0.1) is 23.4 Å². The number of anilines is 1. The number of β-lactam (4-membered cyclic amide) rings is 1. The van der Waals surface area contributed by atoms with Crippen molar-refractivity contribution in [3.63, 3.8) is 0 Å². The number of nitrogens with zero attached hydrogens (tertiary/aromatic N) is 4. The Bertz CT molecular complexity index is 871. The van der Waals surface area contributed by atoms with Crippen molar-refractivity contribution in [1.82, 2.24) is 19.6 Å². The summed E-state index contributed by atoms with van der Waals surface area (Å²) >= 11 is 7.96. The molecule has 3 heterocycles. The Kier molecular flexibility index (Phi) is 5.53. The summed E-state index contributed by atoms with van der Waals surface area (Å²) in [5.41, 5.74) is 5.59. The lowest BCUT2D eigenvalue weighted by molar-refractivity contribution is -0.150. The highest BCUT2D eigenvalue weighted by atomic mass is 35.5. The smallest absolute Gasteiger partial charge is 0.352 e. The van der Waals surface area contributed by atoms with Gasteiger partial charge in [0.2, 0.25) is 11.5 Å². The maximum absolute atomic E-state index is 12.5. The van der Waals surface area contributed by atoms with Crippen LogP contribution in [0.15, 0.2) is 16.4 Å². The molecule has 2 aliphatic rings. The van der Waals surface area contributed by atoms with Crippen molar-refractivity contribution in [3.05, 3.63) is 17.1 Å². The number of amides is 2. The summed E-state index contributed by atoms with van der Waals surface area (Å²) in [6.07, 6.45) is 0. The zero-order valence-electron chi connectivity index (χ0n) is 13.7. The van der Waals surface area contributed by atoms with Gasteiger partial charge in [0.05, 0.1) is 0 Å². The van der Waals surface area contributed by atoms with Crippen LogP contribution in [-0.4, -0.2) is 73.0 Å². The van der Waals surface area contributed by atoms with Crippen LogP contribution in [0.1, 0.15) is 5.82 Å². The van der Waals surface area contributed by atoms with Crippen molar-refractivity contribution < 1.29 is 24.3 Å². The Hall–Kier alpha value is -2.38. The molecular formula is C13H13ClN6O5S2. The number of carbonyl (C=O) groups excluding carboxylic acids is 2. The van der Waals surface area contributed by atoms with Crippen LogP contribution in [-0.2, 0) is 19.2 Å². The van der Waals surface area contributed by atoms with Crippen LogP contribution in [0.5, 0.6) is 0 Å². The number of alkyl halides is 1. The maximum atomic E-state index is 12.5. The van der Waals surface area contributed by atoms with E-state index in [1.54, 1.807) is 0 Å². The normalized spacial score (nSPS) is 22.2. The number of carboxylic acids is 1. The average molecular weight is 433 g/mol. The average Bonchev–Trinajstić information content (AvgIpc) is 3.08. The molecule has 1 aromatic heterocycles. The molecule has 0 bridgehead atoms. The molecule has 0 saturated carbocycles. The Morgan fingerprint density at radius 2 is 2.30 bits per heavy atom. The number of halogens is 1. The van der Waals surface area contributed by atoms with Crippen molar-refractivity contribution in [3.8, 4) is 0 Å². The lowest BCUT2D eigenvalue weighted by Crippen LogP contribution is -2.71. The Balaban J connectivity index is 1.79. The molecule has 14 heteroatoms. The van der Waals surface area contributed by atoms with Gasteiger partial charge in [-0.25, -0.2) is 4.79 Å². The lowest BCUT2D eigenvalue weighted by Gasteiger charge is -2.49. The number of carbonyl (C=O) groups is 3. The number of aromatic nitrogens is 2. The number of nitrogens with two attached hydrogens (primary N) is 1. The fourth-order valence-corrected chi connectivity index (χ4v) is 4.72. The van der Waals surface area contributed by atoms with Crippen LogP contribution in [0.25, 0.3) is 0 Å². The third-order valence-corrected chi connectivity index (χ3v) is 5.95. The van der Waals surface area contributed by atoms with E-state index >= 15 is 0 Å².